The van der Waals surface area contributed by atoms with E-state index in [9.17, 15) is 14.3 Å². The van der Waals surface area contributed by atoms with Gasteiger partial charge in [0.25, 0.3) is 0 Å². The van der Waals surface area contributed by atoms with Crippen molar-refractivity contribution in [1.29, 1.82) is 0 Å². The molecule has 0 aliphatic carbocycles. The van der Waals surface area contributed by atoms with E-state index in [0.717, 1.165) is 38.5 Å². The number of phosphoric acid groups is 1. The molecule has 1 unspecified atom stereocenters. The van der Waals surface area contributed by atoms with E-state index < -0.39 is 19.9 Å². The average Bonchev–Trinajstić information content (AvgIpc) is 3.13. The molecule has 8 nitrogen and oxygen atoms in total. The smallest absolute Gasteiger partial charge is 0.472 e. The molecule has 52 heavy (non-hydrogen) atoms. The van der Waals surface area contributed by atoms with E-state index in [1.54, 1.807) is 6.26 Å². The van der Waals surface area contributed by atoms with Crippen molar-refractivity contribution in [1.82, 2.24) is 0 Å². The molecular formula is C43H76NO7P. The van der Waals surface area contributed by atoms with E-state index >= 15 is 0 Å². The van der Waals surface area contributed by atoms with E-state index in [-0.39, 0.29) is 32.8 Å². The van der Waals surface area contributed by atoms with E-state index in [1.807, 2.05) is 18.2 Å². The van der Waals surface area contributed by atoms with Crippen LogP contribution in [0, 0.1) is 0 Å². The van der Waals surface area contributed by atoms with Gasteiger partial charge in [-0.1, -0.05) is 158 Å². The van der Waals surface area contributed by atoms with Crippen LogP contribution in [-0.4, -0.2) is 43.3 Å². The Morgan fingerprint density at radius 3 is 1.58 bits per heavy atom. The highest BCUT2D eigenvalue weighted by Gasteiger charge is 2.25. The van der Waals surface area contributed by atoms with Crippen molar-refractivity contribution < 1.29 is 32.8 Å². The molecule has 0 radical (unpaired) electrons. The third-order valence-corrected chi connectivity index (χ3v) is 9.19. The lowest BCUT2D eigenvalue weighted by atomic mass is 10.0. The first kappa shape index (κ1) is 49.8. The van der Waals surface area contributed by atoms with Crippen molar-refractivity contribution >= 4 is 13.8 Å². The Kier molecular flexibility index (Phi) is 38.3. The second-order valence-electron chi connectivity index (χ2n) is 13.2. The first-order chi connectivity index (χ1) is 25.4. The van der Waals surface area contributed by atoms with Gasteiger partial charge < -0.3 is 20.1 Å². The summed E-state index contributed by atoms with van der Waals surface area (Å²) >= 11 is 0. The highest BCUT2D eigenvalue weighted by atomic mass is 31.2. The third-order valence-electron chi connectivity index (χ3n) is 8.20. The van der Waals surface area contributed by atoms with Crippen LogP contribution in [0.2, 0.25) is 0 Å². The molecule has 0 aromatic heterocycles. The van der Waals surface area contributed by atoms with Gasteiger partial charge in [-0.05, 0) is 63.9 Å². The van der Waals surface area contributed by atoms with Crippen LogP contribution >= 0.6 is 7.82 Å². The Morgan fingerprint density at radius 2 is 1.04 bits per heavy atom. The van der Waals surface area contributed by atoms with Gasteiger partial charge in [0.2, 0.25) is 0 Å². The molecule has 0 heterocycles. The minimum absolute atomic E-state index is 0.000517. The van der Waals surface area contributed by atoms with Crippen molar-refractivity contribution in [2.24, 2.45) is 5.73 Å². The van der Waals surface area contributed by atoms with Crippen LogP contribution < -0.4 is 5.73 Å². The number of allylic oxidation sites excluding steroid dienone is 11. The van der Waals surface area contributed by atoms with Crippen molar-refractivity contribution in [2.75, 3.05) is 26.4 Å². The quantitative estimate of drug-likeness (QED) is 0.0211. The van der Waals surface area contributed by atoms with Crippen LogP contribution in [0.3, 0.4) is 0 Å². The van der Waals surface area contributed by atoms with E-state index in [1.165, 1.54) is 96.3 Å². The minimum Gasteiger partial charge on any atom is -0.498 e. The van der Waals surface area contributed by atoms with Gasteiger partial charge in [0.15, 0.2) is 6.10 Å². The Balaban J connectivity index is 4.27. The maximum Gasteiger partial charge on any atom is 0.472 e. The fourth-order valence-electron chi connectivity index (χ4n) is 5.18. The molecule has 0 rings (SSSR count). The predicted molar refractivity (Wildman–Crippen MR) is 219 cm³/mol. The molecule has 0 aliphatic heterocycles. The summed E-state index contributed by atoms with van der Waals surface area (Å²) in [6.07, 6.45) is 50.2. The maximum atomic E-state index is 12.5. The second-order valence-corrected chi connectivity index (χ2v) is 14.7. The molecule has 2 atom stereocenters. The van der Waals surface area contributed by atoms with E-state index in [4.69, 9.17) is 24.3 Å². The molecule has 0 aliphatic rings. The number of unbranched alkanes of at least 4 members (excludes halogenated alkanes) is 15. The topological polar surface area (TPSA) is 117 Å². The number of carbonyl (C=O) groups excluding carboxylic acids is 1. The molecule has 0 amide bonds. The van der Waals surface area contributed by atoms with Gasteiger partial charge in [-0.3, -0.25) is 13.8 Å². The fourth-order valence-corrected chi connectivity index (χ4v) is 5.94. The van der Waals surface area contributed by atoms with Crippen molar-refractivity contribution in [2.45, 2.75) is 168 Å². The Hall–Kier alpha value is -2.22. The fraction of sp³-hybridized carbons (Fsp3) is 0.698. The number of esters is 1. The molecular weight excluding hydrogens is 673 g/mol. The van der Waals surface area contributed by atoms with Crippen LogP contribution in [0.1, 0.15) is 162 Å². The molecule has 0 saturated carbocycles. The zero-order valence-electron chi connectivity index (χ0n) is 33.0. The van der Waals surface area contributed by atoms with Crippen LogP contribution in [-0.2, 0) is 27.9 Å². The van der Waals surface area contributed by atoms with E-state index in [0.29, 0.717) is 6.42 Å². The molecule has 0 fully saturated rings. The number of hydrogen-bond acceptors (Lipinski definition) is 7. The first-order valence-electron chi connectivity index (χ1n) is 20.5. The van der Waals surface area contributed by atoms with Gasteiger partial charge in [-0.25, -0.2) is 4.57 Å². The number of phosphoric ester groups is 1. The predicted octanol–water partition coefficient (Wildman–Crippen LogP) is 12.3. The van der Waals surface area contributed by atoms with Crippen molar-refractivity contribution in [3.63, 3.8) is 0 Å². The average molecular weight is 750 g/mol. The third kappa shape index (κ3) is 39.0. The Labute approximate surface area is 318 Å². The summed E-state index contributed by atoms with van der Waals surface area (Å²) in [4.78, 5) is 22.4. The Bertz CT molecular complexity index is 1020. The zero-order chi connectivity index (χ0) is 38.1. The van der Waals surface area contributed by atoms with Gasteiger partial charge in [-0.2, -0.15) is 0 Å². The SMILES string of the molecule is CCCCC/C=C/C/C=C/C/C=C/C/C=C/C/C=C/CCC(=O)O[C@H](CO/C=C/CCCCCCCCCCCCCC)COP(=O)(O)OCCN. The van der Waals surface area contributed by atoms with Gasteiger partial charge in [-0.15, -0.1) is 0 Å². The normalized spacial score (nSPS) is 14.2. The summed E-state index contributed by atoms with van der Waals surface area (Å²) in [6.45, 7) is 4.11. The lowest BCUT2D eigenvalue weighted by Gasteiger charge is -2.19. The maximum absolute atomic E-state index is 12.5. The lowest BCUT2D eigenvalue weighted by molar-refractivity contribution is -0.153. The summed E-state index contributed by atoms with van der Waals surface area (Å²) < 4.78 is 33.0. The molecule has 0 aromatic rings. The molecule has 0 bridgehead atoms. The van der Waals surface area contributed by atoms with Crippen LogP contribution in [0.4, 0.5) is 0 Å². The molecule has 0 saturated heterocycles. The number of ether oxygens (including phenoxy) is 2. The highest BCUT2D eigenvalue weighted by Crippen LogP contribution is 2.43. The molecule has 300 valence electrons. The molecule has 9 heteroatoms. The van der Waals surface area contributed by atoms with Crippen LogP contribution in [0.25, 0.3) is 0 Å². The number of rotatable bonds is 38. The van der Waals surface area contributed by atoms with E-state index in [2.05, 4.69) is 62.5 Å². The summed E-state index contributed by atoms with van der Waals surface area (Å²) in [5, 5.41) is 0. The zero-order valence-corrected chi connectivity index (χ0v) is 33.9. The largest absolute Gasteiger partial charge is 0.498 e. The van der Waals surface area contributed by atoms with Crippen molar-refractivity contribution in [3.8, 4) is 0 Å². The van der Waals surface area contributed by atoms with Crippen LogP contribution in [0.15, 0.2) is 73.1 Å². The molecule has 0 spiro atoms. The van der Waals surface area contributed by atoms with Gasteiger partial charge in [0, 0.05) is 13.0 Å². The van der Waals surface area contributed by atoms with Crippen LogP contribution in [0.5, 0.6) is 0 Å². The standard InChI is InChI=1S/C43H76NO7P/c1-3-5-7-9-11-13-15-17-19-20-21-22-23-24-26-28-30-32-34-36-43(45)51-42(41-50-52(46,47)49-39-37-44)40-48-38-35-33-31-29-27-25-18-16-14-12-10-8-6-4-2/h11,13,17,19,21-22,24,26,30,32,35,38,42H,3-10,12,14-16,18,20,23,25,27-29,31,33-34,36-37,39-41,44H2,1-2H3,(H,46,47)/b13-11+,19-17+,22-21+,26-24+,32-30+,38-35+/t42-/m1/s1. The highest BCUT2D eigenvalue weighted by molar-refractivity contribution is 7.47. The summed E-state index contributed by atoms with van der Waals surface area (Å²) in [6, 6.07) is 0. The minimum atomic E-state index is -4.31. The molecule has 0 aromatic carbocycles. The monoisotopic (exact) mass is 750 g/mol. The summed E-state index contributed by atoms with van der Waals surface area (Å²) in [7, 11) is -4.31. The first-order valence-corrected chi connectivity index (χ1v) is 22.0. The summed E-state index contributed by atoms with van der Waals surface area (Å²) in [5.74, 6) is -0.435. The second kappa shape index (κ2) is 40.0. The lowest BCUT2D eigenvalue weighted by Crippen LogP contribution is -2.27. The molecule has 3 N–H and O–H groups in total. The Morgan fingerprint density at radius 1 is 0.596 bits per heavy atom. The van der Waals surface area contributed by atoms with Gasteiger partial charge in [0.05, 0.1) is 19.5 Å². The van der Waals surface area contributed by atoms with Gasteiger partial charge >= 0.3 is 13.8 Å². The van der Waals surface area contributed by atoms with Gasteiger partial charge in [0.1, 0.15) is 6.61 Å². The summed E-state index contributed by atoms with van der Waals surface area (Å²) in [5.41, 5.74) is 5.35. The van der Waals surface area contributed by atoms with Crippen molar-refractivity contribution in [3.05, 3.63) is 73.1 Å². The number of nitrogens with two attached hydrogens (primary N) is 1. The number of carbonyl (C=O) groups is 1. The number of hydrogen-bond donors (Lipinski definition) is 2.